The number of nitrogens with one attached hydrogen (secondary N) is 1. The first kappa shape index (κ1) is 16.6. The minimum Gasteiger partial charge on any atom is -0.504 e. The summed E-state index contributed by atoms with van der Waals surface area (Å²) >= 11 is 0. The summed E-state index contributed by atoms with van der Waals surface area (Å²) < 4.78 is 0. The molecule has 0 fully saturated rings. The van der Waals surface area contributed by atoms with Gasteiger partial charge in [0.25, 0.3) is 0 Å². The van der Waals surface area contributed by atoms with Crippen molar-refractivity contribution in [1.82, 2.24) is 10.2 Å². The average molecular weight is 282 g/mol. The Balaban J connectivity index is 2.69. The van der Waals surface area contributed by atoms with Crippen LogP contribution in [-0.4, -0.2) is 46.9 Å². The molecule has 1 aromatic rings. The van der Waals surface area contributed by atoms with Crippen molar-refractivity contribution in [3.8, 4) is 17.2 Å². The second-order valence-corrected chi connectivity index (χ2v) is 5.91. The van der Waals surface area contributed by atoms with Gasteiger partial charge in [-0.25, -0.2) is 0 Å². The van der Waals surface area contributed by atoms with Gasteiger partial charge in [-0.2, -0.15) is 0 Å². The molecule has 4 N–H and O–H groups in total. The molecule has 5 heteroatoms. The van der Waals surface area contributed by atoms with Crippen molar-refractivity contribution >= 4 is 0 Å². The maximum Gasteiger partial charge on any atom is 0.200 e. The van der Waals surface area contributed by atoms with Gasteiger partial charge in [-0.05, 0) is 32.5 Å². The van der Waals surface area contributed by atoms with E-state index in [-0.39, 0.29) is 11.5 Å². The van der Waals surface area contributed by atoms with Crippen LogP contribution < -0.4 is 5.32 Å². The fraction of sp³-hybridized carbons (Fsp3) is 0.600. The lowest BCUT2D eigenvalue weighted by molar-refractivity contribution is 0.303. The van der Waals surface area contributed by atoms with Crippen LogP contribution in [0.4, 0.5) is 0 Å². The second-order valence-electron chi connectivity index (χ2n) is 5.91. The molecule has 1 unspecified atom stereocenters. The van der Waals surface area contributed by atoms with Gasteiger partial charge >= 0.3 is 0 Å². The summed E-state index contributed by atoms with van der Waals surface area (Å²) in [4.78, 5) is 2.12. The quantitative estimate of drug-likeness (QED) is 0.574. The number of benzene rings is 1. The third kappa shape index (κ3) is 4.90. The first-order chi connectivity index (χ1) is 9.31. The molecular formula is C15H26N2O3. The number of aromatic hydroxyl groups is 3. The zero-order chi connectivity index (χ0) is 15.3. The fourth-order valence-corrected chi connectivity index (χ4v) is 2.24. The van der Waals surface area contributed by atoms with E-state index in [0.717, 1.165) is 13.0 Å². The summed E-state index contributed by atoms with van der Waals surface area (Å²) in [6.45, 7) is 5.70. The zero-order valence-electron chi connectivity index (χ0n) is 12.7. The van der Waals surface area contributed by atoms with Gasteiger partial charge in [0, 0.05) is 24.7 Å². The summed E-state index contributed by atoms with van der Waals surface area (Å²) in [5, 5.41) is 32.0. The zero-order valence-corrected chi connectivity index (χ0v) is 12.7. The van der Waals surface area contributed by atoms with E-state index < -0.39 is 5.75 Å². The minimum atomic E-state index is -0.461. The Labute approximate surface area is 120 Å². The average Bonchev–Trinajstić information content (AvgIpc) is 2.33. The van der Waals surface area contributed by atoms with E-state index in [0.29, 0.717) is 24.1 Å². The van der Waals surface area contributed by atoms with E-state index in [4.69, 9.17) is 0 Å². The fourth-order valence-electron chi connectivity index (χ4n) is 2.24. The smallest absolute Gasteiger partial charge is 0.200 e. The Hall–Kier alpha value is -1.46. The van der Waals surface area contributed by atoms with Crippen molar-refractivity contribution in [1.29, 1.82) is 0 Å². The highest BCUT2D eigenvalue weighted by molar-refractivity contribution is 5.52. The number of rotatable bonds is 7. The Kier molecular flexibility index (Phi) is 6.10. The summed E-state index contributed by atoms with van der Waals surface area (Å²) in [7, 11) is 4.05. The predicted molar refractivity (Wildman–Crippen MR) is 80.1 cm³/mol. The van der Waals surface area contributed by atoms with Crippen LogP contribution in [-0.2, 0) is 6.54 Å². The van der Waals surface area contributed by atoms with E-state index in [1.54, 1.807) is 6.07 Å². The predicted octanol–water partition coefficient (Wildman–Crippen LogP) is 1.87. The standard InChI is InChI=1S/C15H26N2O3/c1-10(2)7-12(9-17(3)4)16-8-11-5-6-13(18)15(20)14(11)19/h5-6,10,12,16,18-20H,7-9H2,1-4H3. The molecule has 0 aliphatic carbocycles. The molecule has 1 rings (SSSR count). The lowest BCUT2D eigenvalue weighted by Gasteiger charge is -2.24. The molecule has 1 aromatic carbocycles. The Bertz CT molecular complexity index is 423. The molecule has 0 aliphatic rings. The van der Waals surface area contributed by atoms with Crippen LogP contribution in [0.3, 0.4) is 0 Å². The number of phenolic OH excluding ortho intramolecular Hbond substituents is 3. The molecule has 0 bridgehead atoms. The van der Waals surface area contributed by atoms with Crippen LogP contribution in [0.2, 0.25) is 0 Å². The Morgan fingerprint density at radius 3 is 2.30 bits per heavy atom. The van der Waals surface area contributed by atoms with Crippen LogP contribution >= 0.6 is 0 Å². The molecule has 0 spiro atoms. The van der Waals surface area contributed by atoms with Gasteiger partial charge in [-0.1, -0.05) is 19.9 Å². The lowest BCUT2D eigenvalue weighted by Crippen LogP contribution is -2.38. The summed E-state index contributed by atoms with van der Waals surface area (Å²) in [5.74, 6) is -0.449. The van der Waals surface area contributed by atoms with E-state index in [1.807, 2.05) is 14.1 Å². The minimum absolute atomic E-state index is 0.259. The van der Waals surface area contributed by atoms with E-state index in [2.05, 4.69) is 24.1 Å². The highest BCUT2D eigenvalue weighted by Crippen LogP contribution is 2.36. The van der Waals surface area contributed by atoms with Crippen molar-refractivity contribution in [2.24, 2.45) is 5.92 Å². The van der Waals surface area contributed by atoms with Gasteiger partial charge in [0.1, 0.15) is 0 Å². The molecule has 0 aliphatic heterocycles. The van der Waals surface area contributed by atoms with Gasteiger partial charge in [0.2, 0.25) is 5.75 Å². The first-order valence-corrected chi connectivity index (χ1v) is 6.92. The van der Waals surface area contributed by atoms with Gasteiger partial charge in [-0.3, -0.25) is 0 Å². The van der Waals surface area contributed by atoms with Crippen LogP contribution in [0.1, 0.15) is 25.8 Å². The SMILES string of the molecule is CC(C)CC(CN(C)C)NCc1ccc(O)c(O)c1O. The molecular weight excluding hydrogens is 256 g/mol. The largest absolute Gasteiger partial charge is 0.504 e. The molecule has 5 nitrogen and oxygen atoms in total. The van der Waals surface area contributed by atoms with Crippen LogP contribution in [0, 0.1) is 5.92 Å². The molecule has 0 saturated carbocycles. The highest BCUT2D eigenvalue weighted by Gasteiger charge is 2.15. The van der Waals surface area contributed by atoms with E-state index in [1.165, 1.54) is 6.07 Å². The van der Waals surface area contributed by atoms with Crippen LogP contribution in [0.5, 0.6) is 17.2 Å². The van der Waals surface area contributed by atoms with Crippen molar-refractivity contribution in [2.75, 3.05) is 20.6 Å². The van der Waals surface area contributed by atoms with Gasteiger partial charge in [-0.15, -0.1) is 0 Å². The van der Waals surface area contributed by atoms with E-state index in [9.17, 15) is 15.3 Å². The maximum atomic E-state index is 9.79. The summed E-state index contributed by atoms with van der Waals surface area (Å²) in [5.41, 5.74) is 0.577. The second kappa shape index (κ2) is 7.36. The number of hydrogen-bond donors (Lipinski definition) is 4. The van der Waals surface area contributed by atoms with Crippen molar-refractivity contribution in [3.63, 3.8) is 0 Å². The normalized spacial score (nSPS) is 13.1. The highest BCUT2D eigenvalue weighted by atomic mass is 16.3. The van der Waals surface area contributed by atoms with Crippen molar-refractivity contribution < 1.29 is 15.3 Å². The molecule has 0 saturated heterocycles. The number of likely N-dealkylation sites (N-methyl/N-ethyl adjacent to an activating group) is 1. The maximum absolute atomic E-state index is 9.79. The van der Waals surface area contributed by atoms with Crippen LogP contribution in [0.25, 0.3) is 0 Å². The van der Waals surface area contributed by atoms with Crippen molar-refractivity contribution in [2.45, 2.75) is 32.9 Å². The summed E-state index contributed by atoms with van der Waals surface area (Å²) in [6.07, 6.45) is 1.03. The third-order valence-electron chi connectivity index (χ3n) is 3.14. The molecule has 1 atom stereocenters. The topological polar surface area (TPSA) is 76.0 Å². The molecule has 0 heterocycles. The molecule has 114 valence electrons. The van der Waals surface area contributed by atoms with Gasteiger partial charge < -0.3 is 25.5 Å². The Morgan fingerprint density at radius 2 is 1.75 bits per heavy atom. The number of phenols is 3. The number of hydrogen-bond acceptors (Lipinski definition) is 5. The summed E-state index contributed by atoms with van der Waals surface area (Å²) in [6, 6.07) is 3.30. The van der Waals surface area contributed by atoms with Crippen LogP contribution in [0.15, 0.2) is 12.1 Å². The van der Waals surface area contributed by atoms with Crippen molar-refractivity contribution in [3.05, 3.63) is 17.7 Å². The lowest BCUT2D eigenvalue weighted by atomic mass is 10.0. The monoisotopic (exact) mass is 282 g/mol. The molecule has 20 heavy (non-hydrogen) atoms. The van der Waals surface area contributed by atoms with Gasteiger partial charge in [0.05, 0.1) is 0 Å². The molecule has 0 radical (unpaired) electrons. The first-order valence-electron chi connectivity index (χ1n) is 6.92. The Morgan fingerprint density at radius 1 is 1.10 bits per heavy atom. The number of nitrogens with zero attached hydrogens (tertiary/aromatic N) is 1. The van der Waals surface area contributed by atoms with Gasteiger partial charge in [0.15, 0.2) is 11.5 Å². The van der Waals surface area contributed by atoms with E-state index >= 15 is 0 Å². The molecule has 0 aromatic heterocycles. The third-order valence-corrected chi connectivity index (χ3v) is 3.14. The molecule has 0 amide bonds.